The molecule has 1 aromatic rings. The lowest BCUT2D eigenvalue weighted by atomic mass is 9.97. The lowest BCUT2D eigenvalue weighted by molar-refractivity contribution is -0.137. The quantitative estimate of drug-likeness (QED) is 0.282. The lowest BCUT2D eigenvalue weighted by Gasteiger charge is -2.22. The molecule has 0 saturated carbocycles. The average Bonchev–Trinajstić information content (AvgIpc) is 2.59. The third kappa shape index (κ3) is 5.01. The highest BCUT2D eigenvalue weighted by Crippen LogP contribution is 2.37. The average molecular weight is 336 g/mol. The summed E-state index contributed by atoms with van der Waals surface area (Å²) in [5.74, 6) is 0.488. The summed E-state index contributed by atoms with van der Waals surface area (Å²) in [5, 5.41) is 0. The maximum absolute atomic E-state index is 11.6. The molecule has 1 unspecified atom stereocenters. The number of hydrogen-bond acceptors (Lipinski definition) is 6. The van der Waals surface area contributed by atoms with E-state index in [1.54, 1.807) is 19.1 Å². The zero-order valence-electron chi connectivity index (χ0n) is 14.5. The highest BCUT2D eigenvalue weighted by atomic mass is 16.5. The van der Waals surface area contributed by atoms with Gasteiger partial charge in [-0.15, -0.1) is 0 Å². The predicted molar refractivity (Wildman–Crippen MR) is 89.4 cm³/mol. The van der Waals surface area contributed by atoms with E-state index in [9.17, 15) is 9.59 Å². The lowest BCUT2D eigenvalue weighted by Crippen LogP contribution is -2.09. The molecule has 0 aliphatic carbocycles. The molecule has 1 aromatic carbocycles. The van der Waals surface area contributed by atoms with Crippen molar-refractivity contribution in [2.24, 2.45) is 0 Å². The Labute approximate surface area is 142 Å². The molecule has 0 heterocycles. The van der Waals surface area contributed by atoms with Gasteiger partial charge in [0.2, 0.25) is 0 Å². The van der Waals surface area contributed by atoms with Crippen LogP contribution in [0.5, 0.6) is 11.5 Å². The van der Waals surface area contributed by atoms with Crippen molar-refractivity contribution >= 4 is 12.3 Å². The van der Waals surface area contributed by atoms with E-state index in [2.05, 4.69) is 0 Å². The summed E-state index contributed by atoms with van der Waals surface area (Å²) in [6.45, 7) is 4.02. The van der Waals surface area contributed by atoms with E-state index in [0.717, 1.165) is 12.7 Å². The minimum Gasteiger partial charge on any atom is -0.496 e. The third-order valence-electron chi connectivity index (χ3n) is 3.37. The molecule has 0 saturated heterocycles. The Balaban J connectivity index is 3.18. The number of benzene rings is 1. The minimum absolute atomic E-state index is 0.292. The van der Waals surface area contributed by atoms with Crippen LogP contribution < -0.4 is 9.47 Å². The summed E-state index contributed by atoms with van der Waals surface area (Å²) in [5.41, 5.74) is 0.974. The molecule has 0 bridgehead atoms. The van der Waals surface area contributed by atoms with Crippen LogP contribution in [-0.4, -0.2) is 33.1 Å². The van der Waals surface area contributed by atoms with Crippen LogP contribution in [0.15, 0.2) is 24.5 Å². The number of carbonyl (C=O) groups is 2. The van der Waals surface area contributed by atoms with Crippen LogP contribution in [-0.2, 0) is 14.3 Å². The van der Waals surface area contributed by atoms with Gasteiger partial charge in [0.05, 0.1) is 38.7 Å². The Bertz CT molecular complexity index is 579. The fourth-order valence-corrected chi connectivity index (χ4v) is 2.33. The molecule has 6 heteroatoms. The van der Waals surface area contributed by atoms with Crippen LogP contribution >= 0.6 is 0 Å². The summed E-state index contributed by atoms with van der Waals surface area (Å²) >= 11 is 0. The molecule has 24 heavy (non-hydrogen) atoms. The summed E-state index contributed by atoms with van der Waals surface area (Å²) in [7, 11) is 3.02. The van der Waals surface area contributed by atoms with Crippen molar-refractivity contribution in [3.63, 3.8) is 0 Å². The first-order valence-electron chi connectivity index (χ1n) is 7.81. The maximum Gasteiger partial charge on any atom is 0.333 e. The van der Waals surface area contributed by atoms with Gasteiger partial charge in [-0.25, -0.2) is 4.79 Å². The standard InChI is InChI=1S/C18H24O6/c1-5-7-16(24-11-10-17(20)23-6-2)18-13(12-19)14(21-3)8-9-15(18)22-4/h8-12,16H,5-7H2,1-4H3/b11-10+. The van der Waals surface area contributed by atoms with E-state index in [1.807, 2.05) is 6.92 Å². The monoisotopic (exact) mass is 336 g/mol. The topological polar surface area (TPSA) is 71.1 Å². The largest absolute Gasteiger partial charge is 0.496 e. The van der Waals surface area contributed by atoms with E-state index in [4.69, 9.17) is 18.9 Å². The van der Waals surface area contributed by atoms with Gasteiger partial charge in [0.1, 0.15) is 17.6 Å². The van der Waals surface area contributed by atoms with E-state index >= 15 is 0 Å². The zero-order chi connectivity index (χ0) is 17.9. The SMILES string of the molecule is CCCC(O/C=C/C(=O)OCC)c1c(OC)ccc(OC)c1C=O. The van der Waals surface area contributed by atoms with E-state index in [-0.39, 0.29) is 0 Å². The second-order valence-electron chi connectivity index (χ2n) is 4.88. The third-order valence-corrected chi connectivity index (χ3v) is 3.37. The Hall–Kier alpha value is -2.50. The van der Waals surface area contributed by atoms with Crippen molar-refractivity contribution in [3.05, 3.63) is 35.6 Å². The number of methoxy groups -OCH3 is 2. The van der Waals surface area contributed by atoms with E-state index in [1.165, 1.54) is 26.6 Å². The van der Waals surface area contributed by atoms with Crippen LogP contribution in [0.1, 0.15) is 48.7 Å². The fraction of sp³-hybridized carbons (Fsp3) is 0.444. The fourth-order valence-electron chi connectivity index (χ4n) is 2.33. The van der Waals surface area contributed by atoms with Crippen molar-refractivity contribution in [1.29, 1.82) is 0 Å². The van der Waals surface area contributed by atoms with Crippen molar-refractivity contribution < 1.29 is 28.5 Å². The number of rotatable bonds is 10. The maximum atomic E-state index is 11.6. The highest BCUT2D eigenvalue weighted by molar-refractivity contribution is 5.83. The number of carbonyl (C=O) groups excluding carboxylic acids is 2. The summed E-state index contributed by atoms with van der Waals surface area (Å²) in [6.07, 6.45) is 4.21. The first kappa shape index (κ1) is 19.5. The van der Waals surface area contributed by atoms with Crippen molar-refractivity contribution in [3.8, 4) is 11.5 Å². The summed E-state index contributed by atoms with van der Waals surface area (Å²) in [4.78, 5) is 22.9. The molecule has 0 aliphatic heterocycles. The number of ether oxygens (including phenoxy) is 4. The Morgan fingerprint density at radius 3 is 2.38 bits per heavy atom. The van der Waals surface area contributed by atoms with Gasteiger partial charge >= 0.3 is 5.97 Å². The van der Waals surface area contributed by atoms with Gasteiger partial charge in [-0.05, 0) is 25.5 Å². The Kier molecular flexibility index (Phi) is 8.39. The van der Waals surface area contributed by atoms with Gasteiger partial charge in [-0.3, -0.25) is 4.79 Å². The molecule has 0 radical (unpaired) electrons. The van der Waals surface area contributed by atoms with Crippen molar-refractivity contribution in [2.75, 3.05) is 20.8 Å². The summed E-state index contributed by atoms with van der Waals surface area (Å²) in [6, 6.07) is 3.39. The van der Waals surface area contributed by atoms with Crippen LogP contribution in [0.4, 0.5) is 0 Å². The molecule has 0 fully saturated rings. The van der Waals surface area contributed by atoms with Gasteiger partial charge in [0.25, 0.3) is 0 Å². The van der Waals surface area contributed by atoms with Gasteiger partial charge in [0, 0.05) is 5.56 Å². The second-order valence-corrected chi connectivity index (χ2v) is 4.88. The minimum atomic E-state index is -0.485. The molecule has 6 nitrogen and oxygen atoms in total. The van der Waals surface area contributed by atoms with Crippen LogP contribution in [0, 0.1) is 0 Å². The normalized spacial score (nSPS) is 11.8. The number of aldehydes is 1. The van der Waals surface area contributed by atoms with Gasteiger partial charge in [-0.1, -0.05) is 13.3 Å². The molecular weight excluding hydrogens is 312 g/mol. The van der Waals surface area contributed by atoms with Crippen LogP contribution in [0.2, 0.25) is 0 Å². The first-order valence-corrected chi connectivity index (χ1v) is 7.81. The van der Waals surface area contributed by atoms with E-state index in [0.29, 0.717) is 35.7 Å². The first-order chi connectivity index (χ1) is 11.6. The van der Waals surface area contributed by atoms with Gasteiger partial charge < -0.3 is 18.9 Å². The molecule has 0 amide bonds. The Morgan fingerprint density at radius 1 is 1.17 bits per heavy atom. The van der Waals surface area contributed by atoms with Crippen molar-refractivity contribution in [1.82, 2.24) is 0 Å². The molecule has 0 aliphatic rings. The van der Waals surface area contributed by atoms with Crippen molar-refractivity contribution in [2.45, 2.75) is 32.8 Å². The Morgan fingerprint density at radius 2 is 1.83 bits per heavy atom. The van der Waals surface area contributed by atoms with Crippen LogP contribution in [0.3, 0.4) is 0 Å². The van der Waals surface area contributed by atoms with Gasteiger partial charge in [-0.2, -0.15) is 0 Å². The molecule has 1 rings (SSSR count). The molecule has 0 spiro atoms. The summed E-state index contributed by atoms with van der Waals surface area (Å²) < 4.78 is 21.1. The molecule has 132 valence electrons. The molecular formula is C18H24O6. The molecule has 0 N–H and O–H groups in total. The number of esters is 1. The number of hydrogen-bond donors (Lipinski definition) is 0. The molecule has 0 aromatic heterocycles. The van der Waals surface area contributed by atoms with Gasteiger partial charge in [0.15, 0.2) is 6.29 Å². The highest BCUT2D eigenvalue weighted by Gasteiger charge is 2.23. The van der Waals surface area contributed by atoms with Crippen LogP contribution in [0.25, 0.3) is 0 Å². The predicted octanol–water partition coefficient (Wildman–Crippen LogP) is 3.45. The second kappa shape index (κ2) is 10.3. The van der Waals surface area contributed by atoms with E-state index < -0.39 is 12.1 Å². The zero-order valence-corrected chi connectivity index (χ0v) is 14.5. The molecule has 1 atom stereocenters. The smallest absolute Gasteiger partial charge is 0.333 e.